The zero-order chi connectivity index (χ0) is 9.97. The van der Waals surface area contributed by atoms with Crippen LogP contribution in [0.15, 0.2) is 10.5 Å². The van der Waals surface area contributed by atoms with E-state index in [0.29, 0.717) is 0 Å². The monoisotopic (exact) mass is 273 g/mol. The van der Waals surface area contributed by atoms with Crippen LogP contribution in [0.5, 0.6) is 0 Å². The summed E-state index contributed by atoms with van der Waals surface area (Å²) in [4.78, 5) is 2.94. The number of nitrogens with one attached hydrogen (secondary N) is 1. The van der Waals surface area contributed by atoms with E-state index in [2.05, 4.69) is 34.2 Å². The number of thiophene rings is 1. The molecule has 1 unspecified atom stereocenters. The van der Waals surface area contributed by atoms with Crippen LogP contribution in [0.3, 0.4) is 0 Å². The van der Waals surface area contributed by atoms with Gasteiger partial charge in [-0.05, 0) is 67.2 Å². The van der Waals surface area contributed by atoms with Crippen LogP contribution in [0.25, 0.3) is 0 Å². The molecule has 0 radical (unpaired) electrons. The minimum absolute atomic E-state index is 0.855. The van der Waals surface area contributed by atoms with Gasteiger partial charge in [-0.25, -0.2) is 0 Å². The molecule has 1 aliphatic heterocycles. The molecule has 1 aliphatic rings. The van der Waals surface area contributed by atoms with E-state index < -0.39 is 0 Å². The molecule has 2 heterocycles. The van der Waals surface area contributed by atoms with E-state index >= 15 is 0 Å². The van der Waals surface area contributed by atoms with Crippen molar-refractivity contribution < 1.29 is 0 Å². The highest BCUT2D eigenvalue weighted by atomic mass is 79.9. The average molecular weight is 274 g/mol. The highest BCUT2D eigenvalue weighted by molar-refractivity contribution is 9.10. The Balaban J connectivity index is 1.95. The zero-order valence-electron chi connectivity index (χ0n) is 8.48. The highest BCUT2D eigenvalue weighted by Gasteiger charge is 2.14. The number of aryl methyl sites for hydroxylation is 1. The maximum atomic E-state index is 3.58. The minimum Gasteiger partial charge on any atom is -0.316 e. The smallest absolute Gasteiger partial charge is 0.0314 e. The molecule has 1 N–H and O–H groups in total. The van der Waals surface area contributed by atoms with Crippen molar-refractivity contribution in [2.24, 2.45) is 5.92 Å². The van der Waals surface area contributed by atoms with Crippen molar-refractivity contribution in [3.63, 3.8) is 0 Å². The number of piperidine rings is 1. The Kier molecular flexibility index (Phi) is 3.63. The third-order valence-electron chi connectivity index (χ3n) is 2.80. The molecule has 2 rings (SSSR count). The molecular weight excluding hydrogens is 258 g/mol. The lowest BCUT2D eigenvalue weighted by Gasteiger charge is -2.21. The van der Waals surface area contributed by atoms with Crippen LogP contribution < -0.4 is 5.32 Å². The van der Waals surface area contributed by atoms with Gasteiger partial charge in [0.25, 0.3) is 0 Å². The van der Waals surface area contributed by atoms with Crippen LogP contribution in [-0.4, -0.2) is 13.1 Å². The van der Waals surface area contributed by atoms with Crippen LogP contribution in [-0.2, 0) is 6.42 Å². The normalized spacial score (nSPS) is 22.6. The minimum atomic E-state index is 0.855. The Morgan fingerprint density at radius 2 is 2.50 bits per heavy atom. The Morgan fingerprint density at radius 3 is 3.07 bits per heavy atom. The summed E-state index contributed by atoms with van der Waals surface area (Å²) in [6.45, 7) is 4.59. The second-order valence-corrected chi connectivity index (χ2v) is 6.23. The molecule has 1 fully saturated rings. The third-order valence-corrected chi connectivity index (χ3v) is 4.96. The van der Waals surface area contributed by atoms with Gasteiger partial charge in [-0.15, -0.1) is 11.3 Å². The fourth-order valence-electron chi connectivity index (χ4n) is 2.00. The van der Waals surface area contributed by atoms with E-state index in [-0.39, 0.29) is 0 Å². The van der Waals surface area contributed by atoms with Gasteiger partial charge in [0, 0.05) is 14.2 Å². The van der Waals surface area contributed by atoms with Crippen molar-refractivity contribution in [2.45, 2.75) is 26.2 Å². The van der Waals surface area contributed by atoms with Crippen molar-refractivity contribution in [2.75, 3.05) is 13.1 Å². The first kappa shape index (κ1) is 10.7. The van der Waals surface area contributed by atoms with Gasteiger partial charge in [0.05, 0.1) is 0 Å². The predicted molar refractivity (Wildman–Crippen MR) is 66.1 cm³/mol. The fraction of sp³-hybridized carbons (Fsp3) is 0.636. The molecule has 1 aromatic rings. The van der Waals surface area contributed by atoms with Gasteiger partial charge in [0.1, 0.15) is 0 Å². The molecular formula is C11H16BrNS. The van der Waals surface area contributed by atoms with Crippen LogP contribution in [0.2, 0.25) is 0 Å². The van der Waals surface area contributed by atoms with E-state index in [1.54, 1.807) is 0 Å². The Hall–Kier alpha value is 0.140. The first-order valence-corrected chi connectivity index (χ1v) is 6.82. The molecule has 14 heavy (non-hydrogen) atoms. The van der Waals surface area contributed by atoms with E-state index in [1.807, 2.05) is 11.3 Å². The van der Waals surface area contributed by atoms with Crippen molar-refractivity contribution in [1.29, 1.82) is 0 Å². The second kappa shape index (κ2) is 4.77. The Bertz CT molecular complexity index is 283. The number of halogens is 1. The molecule has 0 spiro atoms. The van der Waals surface area contributed by atoms with E-state index in [0.717, 1.165) is 5.92 Å². The summed E-state index contributed by atoms with van der Waals surface area (Å²) >= 11 is 5.51. The van der Waals surface area contributed by atoms with Crippen LogP contribution in [0, 0.1) is 12.8 Å². The molecule has 0 aliphatic carbocycles. The topological polar surface area (TPSA) is 12.0 Å². The summed E-state index contributed by atoms with van der Waals surface area (Å²) in [6, 6.07) is 2.29. The summed E-state index contributed by atoms with van der Waals surface area (Å²) in [5.74, 6) is 0.855. The first-order chi connectivity index (χ1) is 6.75. The summed E-state index contributed by atoms with van der Waals surface area (Å²) in [5, 5.41) is 3.47. The highest BCUT2D eigenvalue weighted by Crippen LogP contribution is 2.29. The largest absolute Gasteiger partial charge is 0.316 e. The molecule has 0 amide bonds. The molecule has 1 nitrogen and oxygen atoms in total. The molecule has 1 atom stereocenters. The third kappa shape index (κ3) is 2.59. The van der Waals surface area contributed by atoms with Crippen molar-refractivity contribution >= 4 is 27.3 Å². The quantitative estimate of drug-likeness (QED) is 0.872. The Morgan fingerprint density at radius 1 is 1.64 bits per heavy atom. The molecule has 0 bridgehead atoms. The fourth-order valence-corrected chi connectivity index (χ4v) is 3.72. The molecule has 3 heteroatoms. The maximum absolute atomic E-state index is 3.58. The summed E-state index contributed by atoms with van der Waals surface area (Å²) < 4.78 is 1.28. The first-order valence-electron chi connectivity index (χ1n) is 5.21. The summed E-state index contributed by atoms with van der Waals surface area (Å²) in [7, 11) is 0. The summed E-state index contributed by atoms with van der Waals surface area (Å²) in [6.07, 6.45) is 3.99. The predicted octanol–water partition coefficient (Wildman–Crippen LogP) is 3.36. The van der Waals surface area contributed by atoms with Crippen LogP contribution >= 0.6 is 27.3 Å². The average Bonchev–Trinajstić information content (AvgIpc) is 2.47. The molecule has 1 aromatic heterocycles. The Labute approximate surface area is 98.0 Å². The van der Waals surface area contributed by atoms with Gasteiger partial charge in [-0.2, -0.15) is 0 Å². The van der Waals surface area contributed by atoms with Gasteiger partial charge in [-0.1, -0.05) is 0 Å². The summed E-state index contributed by atoms with van der Waals surface area (Å²) in [5.41, 5.74) is 0. The molecule has 0 aromatic carbocycles. The lowest BCUT2D eigenvalue weighted by molar-refractivity contribution is 0.378. The molecule has 1 saturated heterocycles. The number of rotatable bonds is 2. The van der Waals surface area contributed by atoms with Gasteiger partial charge in [0.2, 0.25) is 0 Å². The zero-order valence-corrected chi connectivity index (χ0v) is 10.9. The van der Waals surface area contributed by atoms with Gasteiger partial charge in [0.15, 0.2) is 0 Å². The van der Waals surface area contributed by atoms with Crippen LogP contribution in [0.1, 0.15) is 22.6 Å². The van der Waals surface area contributed by atoms with E-state index in [1.165, 1.54) is 46.6 Å². The van der Waals surface area contributed by atoms with Crippen molar-refractivity contribution in [3.8, 4) is 0 Å². The van der Waals surface area contributed by atoms with Gasteiger partial charge < -0.3 is 5.32 Å². The molecule has 0 saturated carbocycles. The van der Waals surface area contributed by atoms with Crippen LogP contribution in [0.4, 0.5) is 0 Å². The molecule has 78 valence electrons. The standard InChI is InChI=1S/C11H16BrNS/c1-8-11(12)6-10(14-8)5-9-3-2-4-13-7-9/h6,9,13H,2-5,7H2,1H3. The second-order valence-electron chi connectivity index (χ2n) is 4.03. The lowest BCUT2D eigenvalue weighted by Crippen LogP contribution is -2.30. The lowest BCUT2D eigenvalue weighted by atomic mass is 9.96. The van der Waals surface area contributed by atoms with E-state index in [4.69, 9.17) is 0 Å². The number of hydrogen-bond acceptors (Lipinski definition) is 2. The van der Waals surface area contributed by atoms with E-state index in [9.17, 15) is 0 Å². The van der Waals surface area contributed by atoms with Gasteiger partial charge >= 0.3 is 0 Å². The van der Waals surface area contributed by atoms with Gasteiger partial charge in [-0.3, -0.25) is 0 Å². The van der Waals surface area contributed by atoms with Crippen molar-refractivity contribution in [1.82, 2.24) is 5.32 Å². The maximum Gasteiger partial charge on any atom is 0.0314 e. The SMILES string of the molecule is Cc1sc(CC2CCCNC2)cc1Br. The van der Waals surface area contributed by atoms with Crippen molar-refractivity contribution in [3.05, 3.63) is 20.3 Å². The number of hydrogen-bond donors (Lipinski definition) is 1.